The van der Waals surface area contributed by atoms with Crippen molar-refractivity contribution >= 4 is 28.5 Å². The molecule has 1 aliphatic rings. The summed E-state index contributed by atoms with van der Waals surface area (Å²) < 4.78 is 5.95. The Morgan fingerprint density at radius 2 is 2.25 bits per heavy atom. The van der Waals surface area contributed by atoms with Gasteiger partial charge in [-0.2, -0.15) is 0 Å². The molecule has 0 unspecified atom stereocenters. The fourth-order valence-corrected chi connectivity index (χ4v) is 2.56. The van der Waals surface area contributed by atoms with Crippen LogP contribution in [0.3, 0.4) is 0 Å². The summed E-state index contributed by atoms with van der Waals surface area (Å²) in [7, 11) is 0. The molecular weight excluding hydrogens is 280 g/mol. The minimum atomic E-state index is -0.877. The molecule has 6 heteroatoms. The highest BCUT2D eigenvalue weighted by Gasteiger charge is 2.42. The van der Waals surface area contributed by atoms with E-state index in [9.17, 15) is 4.79 Å². The molecule has 0 amide bonds. The summed E-state index contributed by atoms with van der Waals surface area (Å²) in [6.07, 6.45) is 1.62. The van der Waals surface area contributed by atoms with Gasteiger partial charge in [0.2, 0.25) is 0 Å². The second kappa shape index (κ2) is 4.92. The van der Waals surface area contributed by atoms with Crippen LogP contribution >= 0.6 is 11.6 Å². The summed E-state index contributed by atoms with van der Waals surface area (Å²) >= 11 is 6.13. The number of pyridine rings is 1. The summed E-state index contributed by atoms with van der Waals surface area (Å²) in [6, 6.07) is 7.14. The van der Waals surface area contributed by atoms with E-state index in [1.165, 1.54) is 0 Å². The molecule has 2 aromatic rings. The molecule has 0 saturated carbocycles. The average Bonchev–Trinajstić information content (AvgIpc) is 2.39. The highest BCUT2D eigenvalue weighted by atomic mass is 35.5. The summed E-state index contributed by atoms with van der Waals surface area (Å²) in [5.74, 6) is -0.314. The minimum Gasteiger partial charge on any atom is -0.482 e. The zero-order valence-electron chi connectivity index (χ0n) is 10.6. The number of nitrogens with one attached hydrogen (secondary N) is 1. The first kappa shape index (κ1) is 13.1. The highest BCUT2D eigenvalue weighted by Crippen LogP contribution is 2.33. The SMILES string of the molecule is O=C(O)CC1(Oc2ccc(Cl)c3cccnc23)CNC1. The number of nitrogens with zero attached hydrogens (tertiary/aromatic N) is 1. The van der Waals surface area contributed by atoms with E-state index in [0.29, 0.717) is 29.4 Å². The fourth-order valence-electron chi connectivity index (χ4n) is 2.34. The van der Waals surface area contributed by atoms with Crippen LogP contribution in [-0.4, -0.2) is 34.8 Å². The van der Waals surface area contributed by atoms with Gasteiger partial charge in [-0.1, -0.05) is 11.6 Å². The van der Waals surface area contributed by atoms with Gasteiger partial charge in [-0.3, -0.25) is 9.78 Å². The zero-order valence-corrected chi connectivity index (χ0v) is 11.4. The molecule has 3 rings (SSSR count). The van der Waals surface area contributed by atoms with Crippen molar-refractivity contribution in [1.29, 1.82) is 0 Å². The van der Waals surface area contributed by atoms with Gasteiger partial charge >= 0.3 is 5.97 Å². The lowest BCUT2D eigenvalue weighted by atomic mass is 9.92. The Kier molecular flexibility index (Phi) is 3.23. The lowest BCUT2D eigenvalue weighted by molar-refractivity contribution is -0.143. The van der Waals surface area contributed by atoms with Crippen LogP contribution in [0.2, 0.25) is 5.02 Å². The number of carboxylic acids is 1. The molecule has 104 valence electrons. The van der Waals surface area contributed by atoms with Gasteiger partial charge in [0, 0.05) is 24.7 Å². The van der Waals surface area contributed by atoms with Crippen molar-refractivity contribution in [3.8, 4) is 5.75 Å². The Balaban J connectivity index is 1.98. The Morgan fingerprint density at radius 1 is 1.45 bits per heavy atom. The van der Waals surface area contributed by atoms with E-state index >= 15 is 0 Å². The standard InChI is InChI=1S/C14H13ClN2O3/c15-10-3-4-11(13-9(10)2-1-5-17-13)20-14(6-12(18)19)7-16-8-14/h1-5,16H,6-8H2,(H,18,19). The Bertz CT molecular complexity index is 671. The van der Waals surface area contributed by atoms with Gasteiger partial charge in [-0.05, 0) is 24.3 Å². The first-order valence-electron chi connectivity index (χ1n) is 6.24. The molecule has 2 N–H and O–H groups in total. The first-order valence-corrected chi connectivity index (χ1v) is 6.62. The van der Waals surface area contributed by atoms with E-state index in [1.54, 1.807) is 24.4 Å². The third-order valence-electron chi connectivity index (χ3n) is 3.37. The van der Waals surface area contributed by atoms with Gasteiger partial charge in [0.25, 0.3) is 0 Å². The molecule has 1 aromatic heterocycles. The molecular formula is C14H13ClN2O3. The van der Waals surface area contributed by atoms with Crippen molar-refractivity contribution in [3.05, 3.63) is 35.5 Å². The molecule has 1 aromatic carbocycles. The predicted octanol–water partition coefficient (Wildman–Crippen LogP) is 2.08. The number of carboxylic acid groups (broad SMARTS) is 1. The normalized spacial score (nSPS) is 16.6. The number of rotatable bonds is 4. The number of aromatic nitrogens is 1. The van der Waals surface area contributed by atoms with Gasteiger partial charge in [0.1, 0.15) is 16.9 Å². The number of benzene rings is 1. The average molecular weight is 293 g/mol. The molecule has 0 aliphatic carbocycles. The molecule has 0 spiro atoms. The number of carbonyl (C=O) groups is 1. The van der Waals surface area contributed by atoms with Crippen LogP contribution in [0, 0.1) is 0 Å². The van der Waals surface area contributed by atoms with Crippen LogP contribution in [0.4, 0.5) is 0 Å². The van der Waals surface area contributed by atoms with Crippen molar-refractivity contribution in [2.75, 3.05) is 13.1 Å². The fraction of sp³-hybridized carbons (Fsp3) is 0.286. The lowest BCUT2D eigenvalue weighted by Crippen LogP contribution is -2.64. The van der Waals surface area contributed by atoms with Gasteiger partial charge < -0.3 is 15.2 Å². The Hall–Kier alpha value is -1.85. The monoisotopic (exact) mass is 292 g/mol. The van der Waals surface area contributed by atoms with E-state index < -0.39 is 11.6 Å². The third kappa shape index (κ3) is 2.30. The topological polar surface area (TPSA) is 71.5 Å². The van der Waals surface area contributed by atoms with Crippen LogP contribution in [0.5, 0.6) is 5.75 Å². The van der Waals surface area contributed by atoms with Crippen LogP contribution < -0.4 is 10.1 Å². The Morgan fingerprint density at radius 3 is 2.90 bits per heavy atom. The molecule has 0 bridgehead atoms. The van der Waals surface area contributed by atoms with Crippen molar-refractivity contribution in [3.63, 3.8) is 0 Å². The second-order valence-electron chi connectivity index (χ2n) is 4.90. The number of hydrogen-bond acceptors (Lipinski definition) is 4. The van der Waals surface area contributed by atoms with Gasteiger partial charge in [0.15, 0.2) is 0 Å². The van der Waals surface area contributed by atoms with E-state index in [0.717, 1.165) is 5.39 Å². The van der Waals surface area contributed by atoms with E-state index in [4.69, 9.17) is 21.4 Å². The Labute approximate surface area is 120 Å². The molecule has 20 heavy (non-hydrogen) atoms. The molecule has 0 atom stereocenters. The molecule has 5 nitrogen and oxygen atoms in total. The number of fused-ring (bicyclic) bond motifs is 1. The number of aliphatic carboxylic acids is 1. The number of ether oxygens (including phenoxy) is 1. The van der Waals surface area contributed by atoms with Crippen LogP contribution in [0.25, 0.3) is 10.9 Å². The quantitative estimate of drug-likeness (QED) is 0.903. The van der Waals surface area contributed by atoms with E-state index in [-0.39, 0.29) is 6.42 Å². The maximum Gasteiger partial charge on any atom is 0.307 e. The molecule has 0 radical (unpaired) electrons. The molecule has 2 heterocycles. The number of halogens is 1. The van der Waals surface area contributed by atoms with Crippen LogP contribution in [0.1, 0.15) is 6.42 Å². The smallest absolute Gasteiger partial charge is 0.307 e. The third-order valence-corrected chi connectivity index (χ3v) is 3.70. The van der Waals surface area contributed by atoms with Crippen molar-refractivity contribution in [2.24, 2.45) is 0 Å². The lowest BCUT2D eigenvalue weighted by Gasteiger charge is -2.41. The maximum atomic E-state index is 11.0. The van der Waals surface area contributed by atoms with E-state index in [2.05, 4.69) is 10.3 Å². The van der Waals surface area contributed by atoms with Gasteiger partial charge in [-0.15, -0.1) is 0 Å². The summed E-state index contributed by atoms with van der Waals surface area (Å²) in [6.45, 7) is 1.02. The maximum absolute atomic E-state index is 11.0. The van der Waals surface area contributed by atoms with E-state index in [1.807, 2.05) is 6.07 Å². The minimum absolute atomic E-state index is 0.0447. The second-order valence-corrected chi connectivity index (χ2v) is 5.31. The molecule has 1 fully saturated rings. The zero-order chi connectivity index (χ0) is 14.2. The highest BCUT2D eigenvalue weighted by molar-refractivity contribution is 6.35. The van der Waals surface area contributed by atoms with Crippen LogP contribution in [-0.2, 0) is 4.79 Å². The largest absolute Gasteiger partial charge is 0.482 e. The summed E-state index contributed by atoms with van der Waals surface area (Å²) in [5, 5.41) is 13.4. The van der Waals surface area contributed by atoms with Gasteiger partial charge in [-0.25, -0.2) is 0 Å². The first-order chi connectivity index (χ1) is 9.60. The van der Waals surface area contributed by atoms with Crippen LogP contribution in [0.15, 0.2) is 30.5 Å². The predicted molar refractivity (Wildman–Crippen MR) is 75.2 cm³/mol. The van der Waals surface area contributed by atoms with Crippen molar-refractivity contribution < 1.29 is 14.6 Å². The van der Waals surface area contributed by atoms with Crippen molar-refractivity contribution in [1.82, 2.24) is 10.3 Å². The number of hydrogen-bond donors (Lipinski definition) is 2. The van der Waals surface area contributed by atoms with Gasteiger partial charge in [0.05, 0.1) is 11.4 Å². The summed E-state index contributed by atoms with van der Waals surface area (Å²) in [4.78, 5) is 15.3. The molecule has 1 aliphatic heterocycles. The molecule has 1 saturated heterocycles. The summed E-state index contributed by atoms with van der Waals surface area (Å²) in [5.41, 5.74) is -0.0546. The van der Waals surface area contributed by atoms with Crippen molar-refractivity contribution in [2.45, 2.75) is 12.0 Å².